The van der Waals surface area contributed by atoms with Gasteiger partial charge >= 0.3 is 6.09 Å². The van der Waals surface area contributed by atoms with Crippen molar-refractivity contribution in [1.82, 2.24) is 15.5 Å². The number of nitrogens with zero attached hydrogens (tertiary/aromatic N) is 1. The Labute approximate surface area is 245 Å². The number of nitrogens with one attached hydrogen (secondary N) is 2. The molecule has 0 aromatic heterocycles. The molecule has 0 spiro atoms. The van der Waals surface area contributed by atoms with Gasteiger partial charge in [0.25, 0.3) is 5.91 Å². The predicted molar refractivity (Wildman–Crippen MR) is 156 cm³/mol. The number of primary amides is 1. The minimum Gasteiger partial charge on any atom is -0.446 e. The van der Waals surface area contributed by atoms with E-state index in [0.29, 0.717) is 25.8 Å². The molecule has 4 N–H and O–H groups in total. The van der Waals surface area contributed by atoms with Crippen LogP contribution in [0.15, 0.2) is 0 Å². The number of hydrogen-bond donors (Lipinski definition) is 3. The number of carbonyl (C=O) groups excluding carboxylic acids is 5. The van der Waals surface area contributed by atoms with Crippen LogP contribution in [0.25, 0.3) is 0 Å². The van der Waals surface area contributed by atoms with Crippen molar-refractivity contribution < 1.29 is 28.7 Å². The molecular formula is C31H52N4O6. The van der Waals surface area contributed by atoms with Crippen LogP contribution in [0.5, 0.6) is 0 Å². The fraction of sp³-hybridized carbons (Fsp3) is 0.839. The number of hydrogen-bond acceptors (Lipinski definition) is 6. The molecule has 0 bridgehead atoms. The Bertz CT molecular complexity index is 895. The minimum absolute atomic E-state index is 0.0118. The molecule has 3 saturated carbocycles. The molecule has 0 radical (unpaired) electrons. The summed E-state index contributed by atoms with van der Waals surface area (Å²) in [7, 11) is 0. The van der Waals surface area contributed by atoms with E-state index in [1.165, 1.54) is 6.42 Å². The van der Waals surface area contributed by atoms with E-state index in [1.807, 2.05) is 0 Å². The van der Waals surface area contributed by atoms with Crippen LogP contribution in [0.2, 0.25) is 0 Å². The van der Waals surface area contributed by atoms with Crippen LogP contribution in [0.3, 0.4) is 0 Å². The quantitative estimate of drug-likeness (QED) is 0.333. The predicted octanol–water partition coefficient (Wildman–Crippen LogP) is 4.13. The standard InChI is InChI=1S/C28H44N4O6.C3H8/c29-25(34)24(33)21(17-18-9-7-10-18)30-26(35)22-15-8-16-32(22)27(36)23(19-11-3-1-4-12-19)31-28(37)38-20-13-5-2-6-14-20;1-3-2/h18-23H,1-17H2,(H2,29,34)(H,30,35)(H,31,37);3H2,1-2H3. The van der Waals surface area contributed by atoms with Crippen molar-refractivity contribution in [2.75, 3.05) is 6.54 Å². The average Bonchev–Trinajstić information content (AvgIpc) is 3.44. The van der Waals surface area contributed by atoms with Crippen molar-refractivity contribution in [2.45, 2.75) is 147 Å². The number of Topliss-reactive ketones (excluding diaryl/α,β-unsaturated/α-hetero) is 1. The Morgan fingerprint density at radius 3 is 1.98 bits per heavy atom. The molecule has 4 amide bonds. The van der Waals surface area contributed by atoms with Gasteiger partial charge in [0.1, 0.15) is 18.2 Å². The maximum absolute atomic E-state index is 13.9. The number of ketones is 1. The third-order valence-corrected chi connectivity index (χ3v) is 8.99. The Kier molecular flexibility index (Phi) is 13.4. The first-order valence-corrected chi connectivity index (χ1v) is 16.2. The van der Waals surface area contributed by atoms with Crippen LogP contribution in [-0.2, 0) is 23.9 Å². The molecule has 232 valence electrons. The lowest BCUT2D eigenvalue weighted by atomic mass is 9.80. The van der Waals surface area contributed by atoms with E-state index < -0.39 is 41.8 Å². The van der Waals surface area contributed by atoms with Gasteiger partial charge in [0.05, 0.1) is 6.04 Å². The third-order valence-electron chi connectivity index (χ3n) is 8.99. The Balaban J connectivity index is 0.00000147. The summed E-state index contributed by atoms with van der Waals surface area (Å²) < 4.78 is 5.67. The van der Waals surface area contributed by atoms with Gasteiger partial charge in [0.2, 0.25) is 17.6 Å². The number of ether oxygens (including phenoxy) is 1. The van der Waals surface area contributed by atoms with Gasteiger partial charge in [-0.2, -0.15) is 0 Å². The average molecular weight is 577 g/mol. The topological polar surface area (TPSA) is 148 Å². The summed E-state index contributed by atoms with van der Waals surface area (Å²) >= 11 is 0. The van der Waals surface area contributed by atoms with E-state index in [9.17, 15) is 24.0 Å². The number of nitrogens with two attached hydrogens (primary N) is 1. The van der Waals surface area contributed by atoms with Crippen LogP contribution in [0.4, 0.5) is 4.79 Å². The van der Waals surface area contributed by atoms with E-state index >= 15 is 0 Å². The van der Waals surface area contributed by atoms with Crippen molar-refractivity contribution in [3.8, 4) is 0 Å². The molecule has 10 nitrogen and oxygen atoms in total. The molecular weight excluding hydrogens is 524 g/mol. The molecule has 3 unspecified atom stereocenters. The van der Waals surface area contributed by atoms with E-state index in [-0.39, 0.29) is 23.8 Å². The highest BCUT2D eigenvalue weighted by atomic mass is 16.6. The molecule has 0 aromatic carbocycles. The molecule has 3 aliphatic carbocycles. The second kappa shape index (κ2) is 16.7. The first kappa shape index (κ1) is 32.9. The Morgan fingerprint density at radius 2 is 1.41 bits per heavy atom. The molecule has 0 aromatic rings. The summed E-state index contributed by atoms with van der Waals surface area (Å²) in [6.07, 6.45) is 14.7. The van der Waals surface area contributed by atoms with Crippen molar-refractivity contribution >= 4 is 29.6 Å². The van der Waals surface area contributed by atoms with Crippen molar-refractivity contribution in [1.29, 1.82) is 0 Å². The highest BCUT2D eigenvalue weighted by Crippen LogP contribution is 2.32. The smallest absolute Gasteiger partial charge is 0.408 e. The molecule has 4 rings (SSSR count). The summed E-state index contributed by atoms with van der Waals surface area (Å²) in [5, 5.41) is 5.63. The van der Waals surface area contributed by atoms with Gasteiger partial charge < -0.3 is 26.0 Å². The molecule has 3 atom stereocenters. The highest BCUT2D eigenvalue weighted by molar-refractivity contribution is 6.37. The van der Waals surface area contributed by atoms with Crippen LogP contribution >= 0.6 is 0 Å². The maximum Gasteiger partial charge on any atom is 0.408 e. The SMILES string of the molecule is CCC.NC(=O)C(=O)C(CC1CCC1)NC(=O)C1CCCN1C(=O)C(NC(=O)OC1CCCCC1)C1CCCCC1. The normalized spacial score (nSPS) is 23.3. The molecule has 10 heteroatoms. The molecule has 1 saturated heterocycles. The largest absolute Gasteiger partial charge is 0.446 e. The summed E-state index contributed by atoms with van der Waals surface area (Å²) in [5.74, 6) is -2.31. The van der Waals surface area contributed by atoms with E-state index in [0.717, 1.165) is 83.5 Å². The van der Waals surface area contributed by atoms with Crippen molar-refractivity contribution in [3.05, 3.63) is 0 Å². The van der Waals surface area contributed by atoms with Gasteiger partial charge in [-0.3, -0.25) is 19.2 Å². The van der Waals surface area contributed by atoms with Crippen LogP contribution in [0.1, 0.15) is 123 Å². The monoisotopic (exact) mass is 576 g/mol. The minimum atomic E-state index is -1.06. The van der Waals surface area contributed by atoms with Crippen molar-refractivity contribution in [2.24, 2.45) is 17.6 Å². The first-order chi connectivity index (χ1) is 19.7. The first-order valence-electron chi connectivity index (χ1n) is 16.2. The lowest BCUT2D eigenvalue weighted by Gasteiger charge is -2.35. The second-order valence-electron chi connectivity index (χ2n) is 12.4. The fourth-order valence-corrected chi connectivity index (χ4v) is 6.56. The van der Waals surface area contributed by atoms with Gasteiger partial charge in [-0.15, -0.1) is 0 Å². The summed E-state index contributed by atoms with van der Waals surface area (Å²) in [4.78, 5) is 65.7. The summed E-state index contributed by atoms with van der Waals surface area (Å²) in [6, 6.07) is -2.48. The summed E-state index contributed by atoms with van der Waals surface area (Å²) in [5.41, 5.74) is 5.26. The van der Waals surface area contributed by atoms with Crippen LogP contribution in [0, 0.1) is 11.8 Å². The molecule has 4 aliphatic rings. The van der Waals surface area contributed by atoms with E-state index in [1.54, 1.807) is 4.90 Å². The van der Waals surface area contributed by atoms with Gasteiger partial charge in [-0.25, -0.2) is 4.79 Å². The number of amides is 4. The Morgan fingerprint density at radius 1 is 0.805 bits per heavy atom. The zero-order valence-corrected chi connectivity index (χ0v) is 25.2. The Hall–Kier alpha value is -2.65. The molecule has 1 heterocycles. The van der Waals surface area contributed by atoms with E-state index in [4.69, 9.17) is 10.5 Å². The zero-order chi connectivity index (χ0) is 29.8. The fourth-order valence-electron chi connectivity index (χ4n) is 6.56. The number of carbonyl (C=O) groups is 5. The van der Waals surface area contributed by atoms with Gasteiger partial charge in [0, 0.05) is 6.54 Å². The van der Waals surface area contributed by atoms with Gasteiger partial charge in [-0.05, 0) is 69.6 Å². The number of rotatable bonds is 10. The van der Waals surface area contributed by atoms with E-state index in [2.05, 4.69) is 24.5 Å². The lowest BCUT2D eigenvalue weighted by Crippen LogP contribution is -2.58. The van der Waals surface area contributed by atoms with Gasteiger partial charge in [0.15, 0.2) is 0 Å². The van der Waals surface area contributed by atoms with Crippen LogP contribution in [-0.4, -0.2) is 65.3 Å². The van der Waals surface area contributed by atoms with Gasteiger partial charge in [-0.1, -0.05) is 65.2 Å². The third kappa shape index (κ3) is 9.70. The van der Waals surface area contributed by atoms with Crippen molar-refractivity contribution in [3.63, 3.8) is 0 Å². The summed E-state index contributed by atoms with van der Waals surface area (Å²) in [6.45, 7) is 4.65. The molecule has 4 fully saturated rings. The molecule has 41 heavy (non-hydrogen) atoms. The second-order valence-corrected chi connectivity index (χ2v) is 12.4. The number of likely N-dealkylation sites (tertiary alicyclic amines) is 1. The zero-order valence-electron chi connectivity index (χ0n) is 25.2. The van der Waals surface area contributed by atoms with Crippen LogP contribution < -0.4 is 16.4 Å². The molecule has 1 aliphatic heterocycles. The maximum atomic E-state index is 13.9. The lowest BCUT2D eigenvalue weighted by molar-refractivity contribution is -0.143. The highest BCUT2D eigenvalue weighted by Gasteiger charge is 2.42. The number of alkyl carbamates (subject to hydrolysis) is 1.